The van der Waals surface area contributed by atoms with Crippen molar-refractivity contribution in [3.8, 4) is 5.75 Å². The summed E-state index contributed by atoms with van der Waals surface area (Å²) in [7, 11) is 1.62. The van der Waals surface area contributed by atoms with Gasteiger partial charge in [0, 0.05) is 36.0 Å². The number of rotatable bonds is 4. The molecule has 5 heteroatoms. The molecule has 1 aliphatic rings. The second-order valence-electron chi connectivity index (χ2n) is 7.79. The summed E-state index contributed by atoms with van der Waals surface area (Å²) in [6.07, 6.45) is 0.631. The third kappa shape index (κ3) is 3.91. The predicted molar refractivity (Wildman–Crippen MR) is 123 cm³/mol. The number of amides is 2. The Morgan fingerprint density at radius 1 is 0.968 bits per heavy atom. The van der Waals surface area contributed by atoms with Gasteiger partial charge < -0.3 is 14.5 Å². The highest BCUT2D eigenvalue weighted by Crippen LogP contribution is 2.43. The molecule has 0 saturated heterocycles. The molecule has 4 rings (SSSR count). The van der Waals surface area contributed by atoms with Crippen LogP contribution in [0.3, 0.4) is 0 Å². The summed E-state index contributed by atoms with van der Waals surface area (Å²) >= 11 is 0. The van der Waals surface area contributed by atoms with Crippen molar-refractivity contribution in [3.05, 3.63) is 90.0 Å². The minimum Gasteiger partial charge on any atom is -0.497 e. The van der Waals surface area contributed by atoms with Gasteiger partial charge in [-0.3, -0.25) is 9.59 Å². The summed E-state index contributed by atoms with van der Waals surface area (Å²) in [6, 6.07) is 24.4. The van der Waals surface area contributed by atoms with Crippen LogP contribution in [-0.4, -0.2) is 25.0 Å². The highest BCUT2D eigenvalue weighted by Gasteiger charge is 2.38. The lowest BCUT2D eigenvalue weighted by Gasteiger charge is -2.43. The van der Waals surface area contributed by atoms with E-state index in [0.29, 0.717) is 17.7 Å². The zero-order valence-electron chi connectivity index (χ0n) is 18.0. The van der Waals surface area contributed by atoms with E-state index in [1.807, 2.05) is 95.6 Å². The zero-order valence-corrected chi connectivity index (χ0v) is 18.0. The lowest BCUT2D eigenvalue weighted by Crippen LogP contribution is -2.47. The number of fused-ring (bicyclic) bond motifs is 1. The fourth-order valence-corrected chi connectivity index (χ4v) is 4.42. The van der Waals surface area contributed by atoms with Gasteiger partial charge in [0.15, 0.2) is 0 Å². The minimum absolute atomic E-state index is 0.000663. The molecule has 0 saturated carbocycles. The molecule has 5 nitrogen and oxygen atoms in total. The summed E-state index contributed by atoms with van der Waals surface area (Å²) in [5, 5.41) is 0. The van der Waals surface area contributed by atoms with Crippen LogP contribution in [0.15, 0.2) is 78.9 Å². The van der Waals surface area contributed by atoms with Crippen molar-refractivity contribution in [2.24, 2.45) is 0 Å². The van der Waals surface area contributed by atoms with E-state index in [1.54, 1.807) is 14.0 Å². The van der Waals surface area contributed by atoms with Gasteiger partial charge in [-0.2, -0.15) is 0 Å². The standard InChI is InChI=1S/C26H26N2O3/c1-18-16-25(23-14-7-8-15-24(23)27(18)19(2)29)28(21-12-9-13-22(17-21)31-3)26(30)20-10-5-4-6-11-20/h4-15,17-18,25H,16H2,1-3H3/t18-,25+/m1/s1. The number of methoxy groups -OCH3 is 1. The van der Waals surface area contributed by atoms with Crippen molar-refractivity contribution in [1.29, 1.82) is 0 Å². The second kappa shape index (κ2) is 8.64. The van der Waals surface area contributed by atoms with Crippen LogP contribution in [0.25, 0.3) is 0 Å². The van der Waals surface area contributed by atoms with Crippen molar-refractivity contribution >= 4 is 23.2 Å². The van der Waals surface area contributed by atoms with Gasteiger partial charge in [0.2, 0.25) is 5.91 Å². The number of ether oxygens (including phenoxy) is 1. The van der Waals surface area contributed by atoms with Crippen LogP contribution in [0.1, 0.15) is 42.2 Å². The Morgan fingerprint density at radius 2 is 1.68 bits per heavy atom. The third-order valence-electron chi connectivity index (χ3n) is 5.78. The molecule has 1 aliphatic heterocycles. The van der Waals surface area contributed by atoms with Crippen molar-refractivity contribution in [2.75, 3.05) is 16.9 Å². The van der Waals surface area contributed by atoms with E-state index in [9.17, 15) is 9.59 Å². The average Bonchev–Trinajstić information content (AvgIpc) is 2.79. The first kappa shape index (κ1) is 20.7. The first-order chi connectivity index (χ1) is 15.0. The fraction of sp³-hybridized carbons (Fsp3) is 0.231. The van der Waals surface area contributed by atoms with Crippen LogP contribution >= 0.6 is 0 Å². The largest absolute Gasteiger partial charge is 0.497 e. The molecule has 158 valence electrons. The van der Waals surface area contributed by atoms with Gasteiger partial charge in [-0.25, -0.2) is 0 Å². The summed E-state index contributed by atoms with van der Waals surface area (Å²) in [5.41, 5.74) is 3.19. The number of hydrogen-bond acceptors (Lipinski definition) is 3. The quantitative estimate of drug-likeness (QED) is 0.587. The molecule has 0 unspecified atom stereocenters. The van der Waals surface area contributed by atoms with Gasteiger partial charge in [0.1, 0.15) is 5.75 Å². The molecule has 31 heavy (non-hydrogen) atoms. The molecule has 3 aromatic rings. The van der Waals surface area contributed by atoms with E-state index in [0.717, 1.165) is 16.9 Å². The minimum atomic E-state index is -0.221. The van der Waals surface area contributed by atoms with Gasteiger partial charge in [0.25, 0.3) is 5.91 Å². The van der Waals surface area contributed by atoms with Crippen LogP contribution < -0.4 is 14.5 Å². The molecule has 3 aromatic carbocycles. The summed E-state index contributed by atoms with van der Waals surface area (Å²) < 4.78 is 5.43. The molecule has 0 N–H and O–H groups in total. The van der Waals surface area contributed by atoms with Gasteiger partial charge >= 0.3 is 0 Å². The molecule has 1 heterocycles. The average molecular weight is 415 g/mol. The first-order valence-electron chi connectivity index (χ1n) is 10.4. The van der Waals surface area contributed by atoms with E-state index in [1.165, 1.54) is 0 Å². The van der Waals surface area contributed by atoms with Gasteiger partial charge in [-0.15, -0.1) is 0 Å². The first-order valence-corrected chi connectivity index (χ1v) is 10.4. The Kier molecular flexibility index (Phi) is 5.76. The molecule has 0 aliphatic carbocycles. The van der Waals surface area contributed by atoms with Crippen molar-refractivity contribution in [2.45, 2.75) is 32.4 Å². The highest BCUT2D eigenvalue weighted by atomic mass is 16.5. The summed E-state index contributed by atoms with van der Waals surface area (Å²) in [4.78, 5) is 29.8. The molecule has 0 radical (unpaired) electrons. The number of carbonyl (C=O) groups excluding carboxylic acids is 2. The number of nitrogens with zero attached hydrogens (tertiary/aromatic N) is 2. The van der Waals surface area contributed by atoms with E-state index >= 15 is 0 Å². The maximum absolute atomic E-state index is 13.8. The summed E-state index contributed by atoms with van der Waals surface area (Å²) in [6.45, 7) is 3.61. The van der Waals surface area contributed by atoms with E-state index < -0.39 is 0 Å². The number of benzene rings is 3. The monoisotopic (exact) mass is 414 g/mol. The van der Waals surface area contributed by atoms with Crippen LogP contribution in [0.2, 0.25) is 0 Å². The van der Waals surface area contributed by atoms with Crippen LogP contribution in [0, 0.1) is 0 Å². The Morgan fingerprint density at radius 3 is 2.39 bits per heavy atom. The smallest absolute Gasteiger partial charge is 0.258 e. The van der Waals surface area contributed by atoms with Gasteiger partial charge in [0.05, 0.1) is 13.2 Å². The predicted octanol–water partition coefficient (Wildman–Crippen LogP) is 5.23. The molecule has 0 spiro atoms. The third-order valence-corrected chi connectivity index (χ3v) is 5.78. The molecule has 2 atom stereocenters. The van der Waals surface area contributed by atoms with Crippen molar-refractivity contribution < 1.29 is 14.3 Å². The maximum Gasteiger partial charge on any atom is 0.258 e. The number of hydrogen-bond donors (Lipinski definition) is 0. The fourth-order valence-electron chi connectivity index (χ4n) is 4.42. The van der Waals surface area contributed by atoms with Crippen molar-refractivity contribution in [1.82, 2.24) is 0 Å². The lowest BCUT2D eigenvalue weighted by molar-refractivity contribution is -0.117. The topological polar surface area (TPSA) is 49.9 Å². The maximum atomic E-state index is 13.8. The Labute approximate surface area is 182 Å². The van der Waals surface area contributed by atoms with E-state index in [4.69, 9.17) is 4.74 Å². The van der Waals surface area contributed by atoms with Crippen LogP contribution in [0.4, 0.5) is 11.4 Å². The lowest BCUT2D eigenvalue weighted by atomic mass is 9.89. The van der Waals surface area contributed by atoms with Crippen LogP contribution in [0.5, 0.6) is 5.75 Å². The van der Waals surface area contributed by atoms with Crippen LogP contribution in [-0.2, 0) is 4.79 Å². The normalized spacial score (nSPS) is 17.6. The zero-order chi connectivity index (χ0) is 22.0. The Hall–Kier alpha value is -3.60. The molecule has 0 fully saturated rings. The summed E-state index contributed by atoms with van der Waals surface area (Å²) in [5.74, 6) is 0.601. The molecular weight excluding hydrogens is 388 g/mol. The van der Waals surface area contributed by atoms with E-state index in [2.05, 4.69) is 0 Å². The SMILES string of the molecule is COc1cccc(N(C(=O)c2ccccc2)[C@H]2C[C@@H](C)N(C(C)=O)c3ccccc32)c1. The van der Waals surface area contributed by atoms with Crippen molar-refractivity contribution in [3.63, 3.8) is 0 Å². The Balaban J connectivity index is 1.88. The van der Waals surface area contributed by atoms with Gasteiger partial charge in [-0.1, -0.05) is 42.5 Å². The molecule has 2 amide bonds. The van der Waals surface area contributed by atoms with Gasteiger partial charge in [-0.05, 0) is 49.2 Å². The number of anilines is 2. The number of para-hydroxylation sites is 1. The number of carbonyl (C=O) groups is 2. The molecule has 0 bridgehead atoms. The highest BCUT2D eigenvalue weighted by molar-refractivity contribution is 6.07. The Bertz CT molecular complexity index is 1100. The molecular formula is C26H26N2O3. The van der Waals surface area contributed by atoms with E-state index in [-0.39, 0.29) is 23.9 Å². The molecule has 0 aromatic heterocycles. The second-order valence-corrected chi connectivity index (χ2v) is 7.79.